The summed E-state index contributed by atoms with van der Waals surface area (Å²) in [5.41, 5.74) is 1.25. The number of carbonyl (C=O) groups excluding carboxylic acids is 1. The number of benzene rings is 2. The van der Waals surface area contributed by atoms with E-state index in [0.29, 0.717) is 30.3 Å². The Morgan fingerprint density at radius 3 is 2.42 bits per heavy atom. The van der Waals surface area contributed by atoms with Crippen molar-refractivity contribution in [2.45, 2.75) is 58.5 Å². The topological polar surface area (TPSA) is 59.9 Å². The third-order valence-electron chi connectivity index (χ3n) is 4.88. The molecule has 0 saturated heterocycles. The van der Waals surface area contributed by atoms with Crippen molar-refractivity contribution in [2.75, 3.05) is 13.2 Å². The van der Waals surface area contributed by atoms with Gasteiger partial charge in [0, 0.05) is 0 Å². The van der Waals surface area contributed by atoms with Gasteiger partial charge in [-0.1, -0.05) is 51.2 Å². The molecule has 2 aromatic rings. The monoisotopic (exact) mass is 464 g/mol. The first-order valence-corrected chi connectivity index (χ1v) is 11.3. The second kappa shape index (κ2) is 13.5. The number of carbonyl (C=O) groups is 1. The summed E-state index contributed by atoms with van der Waals surface area (Å²) in [6.07, 6.45) is 3.71. The molecule has 5 nitrogen and oxygen atoms in total. The van der Waals surface area contributed by atoms with Crippen LogP contribution < -0.4 is 14.9 Å². The number of ether oxygens (including phenoxy) is 2. The largest absolute Gasteiger partial charge is 0.490 e. The van der Waals surface area contributed by atoms with Gasteiger partial charge in [0.1, 0.15) is 0 Å². The highest BCUT2D eigenvalue weighted by Crippen LogP contribution is 2.32. The zero-order valence-corrected chi connectivity index (χ0v) is 19.1. The molecule has 0 spiro atoms. The average molecular weight is 465 g/mol. The minimum Gasteiger partial charge on any atom is -0.490 e. The van der Waals surface area contributed by atoms with E-state index >= 15 is 0 Å². The van der Waals surface area contributed by atoms with E-state index in [4.69, 9.17) is 9.47 Å². The van der Waals surface area contributed by atoms with Gasteiger partial charge in [-0.15, -0.1) is 0 Å². The summed E-state index contributed by atoms with van der Waals surface area (Å²) in [5, 5.41) is 3.79. The molecular formula is C25H31F3N2O3. The lowest BCUT2D eigenvalue weighted by atomic mass is 10.1. The summed E-state index contributed by atoms with van der Waals surface area (Å²) in [7, 11) is 0. The fourth-order valence-electron chi connectivity index (χ4n) is 3.21. The molecule has 33 heavy (non-hydrogen) atoms. The van der Waals surface area contributed by atoms with Crippen LogP contribution in [0.25, 0.3) is 0 Å². The SMILES string of the molecule is CCCCCCCCOc1ccc(/C=N/NC(=O)c2ccccc2C(F)(F)F)cc1OCC. The number of hydrogen-bond donors (Lipinski definition) is 1. The highest BCUT2D eigenvalue weighted by molar-refractivity contribution is 5.96. The van der Waals surface area contributed by atoms with Crippen LogP contribution in [0.4, 0.5) is 13.2 Å². The number of hydrogen-bond acceptors (Lipinski definition) is 4. The number of nitrogens with one attached hydrogen (secondary N) is 1. The van der Waals surface area contributed by atoms with Crippen molar-refractivity contribution in [1.82, 2.24) is 5.43 Å². The number of amides is 1. The van der Waals surface area contributed by atoms with Crippen LogP contribution in [-0.4, -0.2) is 25.3 Å². The van der Waals surface area contributed by atoms with Crippen LogP contribution in [0.2, 0.25) is 0 Å². The van der Waals surface area contributed by atoms with E-state index in [2.05, 4.69) is 17.5 Å². The maximum atomic E-state index is 13.1. The van der Waals surface area contributed by atoms with Crippen molar-refractivity contribution in [2.24, 2.45) is 5.10 Å². The van der Waals surface area contributed by atoms with Crippen molar-refractivity contribution in [3.05, 3.63) is 59.2 Å². The van der Waals surface area contributed by atoms with Crippen LogP contribution in [0.3, 0.4) is 0 Å². The lowest BCUT2D eigenvalue weighted by Crippen LogP contribution is -2.22. The Labute approximate surface area is 193 Å². The summed E-state index contributed by atoms with van der Waals surface area (Å²) < 4.78 is 50.8. The van der Waals surface area contributed by atoms with Gasteiger partial charge in [-0.2, -0.15) is 18.3 Å². The van der Waals surface area contributed by atoms with Gasteiger partial charge in [-0.05, 0) is 49.2 Å². The van der Waals surface area contributed by atoms with Crippen LogP contribution in [0.15, 0.2) is 47.6 Å². The molecule has 8 heteroatoms. The molecule has 0 heterocycles. The molecule has 1 N–H and O–H groups in total. The lowest BCUT2D eigenvalue weighted by Gasteiger charge is -2.12. The molecule has 180 valence electrons. The van der Waals surface area contributed by atoms with E-state index in [1.807, 2.05) is 6.92 Å². The maximum Gasteiger partial charge on any atom is 0.417 e. The first kappa shape index (κ1) is 26.2. The summed E-state index contributed by atoms with van der Waals surface area (Å²) in [5.74, 6) is 0.218. The van der Waals surface area contributed by atoms with Crippen LogP contribution in [-0.2, 0) is 6.18 Å². The van der Waals surface area contributed by atoms with E-state index in [1.165, 1.54) is 44.0 Å². The molecule has 2 aromatic carbocycles. The molecule has 0 aliphatic carbocycles. The van der Waals surface area contributed by atoms with Gasteiger partial charge in [-0.25, -0.2) is 5.43 Å². The number of hydrazone groups is 1. The van der Waals surface area contributed by atoms with Crippen LogP contribution in [0.5, 0.6) is 11.5 Å². The number of unbranched alkanes of at least 4 members (excludes halogenated alkanes) is 5. The Kier molecular flexibility index (Phi) is 10.7. The van der Waals surface area contributed by atoms with E-state index in [-0.39, 0.29) is 0 Å². The molecular weight excluding hydrogens is 433 g/mol. The van der Waals surface area contributed by atoms with Crippen molar-refractivity contribution in [3.8, 4) is 11.5 Å². The molecule has 0 saturated carbocycles. The van der Waals surface area contributed by atoms with Gasteiger partial charge in [-0.3, -0.25) is 4.79 Å². The molecule has 0 aromatic heterocycles. The van der Waals surface area contributed by atoms with Crippen LogP contribution >= 0.6 is 0 Å². The standard InChI is InChI=1S/C25H31F3N2O3/c1-3-5-6-7-8-11-16-33-22-15-14-19(17-23(22)32-4-2)18-29-30-24(31)20-12-9-10-13-21(20)25(26,27)28/h9-10,12-15,17-18H,3-8,11,16H2,1-2H3,(H,30,31)/b29-18+. The normalized spacial score (nSPS) is 11.5. The van der Waals surface area contributed by atoms with Crippen molar-refractivity contribution in [1.29, 1.82) is 0 Å². The number of nitrogens with zero attached hydrogens (tertiary/aromatic N) is 1. The fourth-order valence-corrected chi connectivity index (χ4v) is 3.21. The Balaban J connectivity index is 1.96. The predicted octanol–water partition coefficient (Wildman–Crippen LogP) is 6.61. The van der Waals surface area contributed by atoms with Crippen LogP contribution in [0, 0.1) is 0 Å². The van der Waals surface area contributed by atoms with Crippen LogP contribution in [0.1, 0.15) is 73.9 Å². The Bertz CT molecular complexity index is 914. The molecule has 0 unspecified atom stereocenters. The number of halogens is 3. The van der Waals surface area contributed by atoms with E-state index in [0.717, 1.165) is 25.0 Å². The smallest absolute Gasteiger partial charge is 0.417 e. The third kappa shape index (κ3) is 8.79. The van der Waals surface area contributed by atoms with E-state index in [9.17, 15) is 18.0 Å². The van der Waals surface area contributed by atoms with Crippen molar-refractivity contribution >= 4 is 12.1 Å². The number of rotatable bonds is 13. The molecule has 0 fully saturated rings. The Morgan fingerprint density at radius 2 is 1.70 bits per heavy atom. The second-order valence-electron chi connectivity index (χ2n) is 7.50. The predicted molar refractivity (Wildman–Crippen MR) is 123 cm³/mol. The number of alkyl halides is 3. The first-order chi connectivity index (χ1) is 15.9. The van der Waals surface area contributed by atoms with Crippen molar-refractivity contribution in [3.63, 3.8) is 0 Å². The lowest BCUT2D eigenvalue weighted by molar-refractivity contribution is -0.137. The van der Waals surface area contributed by atoms with E-state index in [1.54, 1.807) is 18.2 Å². The Hall–Kier alpha value is -3.03. The van der Waals surface area contributed by atoms with Gasteiger partial charge in [0.05, 0.1) is 30.6 Å². The van der Waals surface area contributed by atoms with E-state index < -0.39 is 23.2 Å². The summed E-state index contributed by atoms with van der Waals surface area (Å²) >= 11 is 0. The highest BCUT2D eigenvalue weighted by Gasteiger charge is 2.34. The molecule has 1 amide bonds. The zero-order chi connectivity index (χ0) is 24.1. The second-order valence-corrected chi connectivity index (χ2v) is 7.50. The van der Waals surface area contributed by atoms with Gasteiger partial charge in [0.25, 0.3) is 5.91 Å². The van der Waals surface area contributed by atoms with Gasteiger partial charge >= 0.3 is 6.18 Å². The fraction of sp³-hybridized carbons (Fsp3) is 0.440. The summed E-state index contributed by atoms with van der Waals surface area (Å²) in [4.78, 5) is 12.2. The van der Waals surface area contributed by atoms with Gasteiger partial charge in [0.15, 0.2) is 11.5 Å². The Morgan fingerprint density at radius 1 is 0.970 bits per heavy atom. The zero-order valence-electron chi connectivity index (χ0n) is 19.1. The molecule has 0 atom stereocenters. The highest BCUT2D eigenvalue weighted by atomic mass is 19.4. The maximum absolute atomic E-state index is 13.1. The molecule has 2 rings (SSSR count). The molecule has 0 bridgehead atoms. The average Bonchev–Trinajstić information content (AvgIpc) is 2.79. The first-order valence-electron chi connectivity index (χ1n) is 11.3. The minimum absolute atomic E-state index is 0.443. The summed E-state index contributed by atoms with van der Waals surface area (Å²) in [6.45, 7) is 5.08. The quantitative estimate of drug-likeness (QED) is 0.206. The third-order valence-corrected chi connectivity index (χ3v) is 4.88. The molecule has 0 radical (unpaired) electrons. The minimum atomic E-state index is -4.63. The molecule has 0 aliphatic heterocycles. The summed E-state index contributed by atoms with van der Waals surface area (Å²) in [6, 6.07) is 9.76. The van der Waals surface area contributed by atoms with Gasteiger partial charge in [0.2, 0.25) is 0 Å². The van der Waals surface area contributed by atoms with Crippen molar-refractivity contribution < 1.29 is 27.4 Å². The van der Waals surface area contributed by atoms with Gasteiger partial charge < -0.3 is 9.47 Å². The molecule has 0 aliphatic rings.